The predicted molar refractivity (Wildman–Crippen MR) is 77.0 cm³/mol. The van der Waals surface area contributed by atoms with Crippen LogP contribution in [0, 0.1) is 20.2 Å². The number of nitrogens with zero attached hydrogens (tertiary/aromatic N) is 3. The number of carbonyl (C=O) groups excluding carboxylic acids is 1. The summed E-state index contributed by atoms with van der Waals surface area (Å²) < 4.78 is 0. The summed E-state index contributed by atoms with van der Waals surface area (Å²) in [6.45, 7) is 0. The fraction of sp³-hybridized carbons (Fsp3) is 0. The van der Waals surface area contributed by atoms with E-state index in [1.165, 1.54) is 18.5 Å². The van der Waals surface area contributed by atoms with Crippen molar-refractivity contribution in [2.24, 2.45) is 0 Å². The third-order valence-corrected chi connectivity index (χ3v) is 3.01. The maximum Gasteiger partial charge on any atom is 0.295 e. The number of nitrogens with one attached hydrogen (secondary N) is 1. The molecule has 0 spiro atoms. The first-order valence-corrected chi connectivity index (χ1v) is 6.11. The van der Waals surface area contributed by atoms with Gasteiger partial charge in [0.05, 0.1) is 33.4 Å². The zero-order valence-corrected chi connectivity index (χ0v) is 11.5. The van der Waals surface area contributed by atoms with E-state index in [1.54, 1.807) is 6.07 Å². The van der Waals surface area contributed by atoms with E-state index in [9.17, 15) is 25.0 Å². The first-order valence-electron chi connectivity index (χ1n) is 5.74. The third-order valence-electron chi connectivity index (χ3n) is 2.61. The second-order valence-electron chi connectivity index (χ2n) is 4.04. The summed E-state index contributed by atoms with van der Waals surface area (Å²) in [5, 5.41) is 23.6. The Balaban J connectivity index is 2.47. The topological polar surface area (TPSA) is 128 Å². The quantitative estimate of drug-likeness (QED) is 0.680. The van der Waals surface area contributed by atoms with Gasteiger partial charge in [-0.25, -0.2) is 0 Å². The smallest absolute Gasteiger partial charge is 0.295 e. The number of carbonyl (C=O) groups is 1. The Morgan fingerprint density at radius 2 is 1.95 bits per heavy atom. The van der Waals surface area contributed by atoms with Crippen molar-refractivity contribution >= 4 is 34.6 Å². The van der Waals surface area contributed by atoms with E-state index in [0.29, 0.717) is 11.8 Å². The van der Waals surface area contributed by atoms with Crippen LogP contribution in [-0.4, -0.2) is 20.7 Å². The van der Waals surface area contributed by atoms with Crippen LogP contribution in [0.3, 0.4) is 0 Å². The van der Waals surface area contributed by atoms with Crippen molar-refractivity contribution in [3.63, 3.8) is 0 Å². The highest BCUT2D eigenvalue weighted by Gasteiger charge is 2.26. The Hall–Kier alpha value is -3.07. The number of nitro groups is 2. The highest BCUT2D eigenvalue weighted by atomic mass is 35.5. The monoisotopic (exact) mass is 322 g/mol. The van der Waals surface area contributed by atoms with Gasteiger partial charge in [0.15, 0.2) is 0 Å². The van der Waals surface area contributed by atoms with Gasteiger partial charge in [-0.15, -0.1) is 0 Å². The fourth-order valence-corrected chi connectivity index (χ4v) is 1.90. The third kappa shape index (κ3) is 3.15. The van der Waals surface area contributed by atoms with Crippen LogP contribution in [0.1, 0.15) is 10.4 Å². The minimum Gasteiger partial charge on any atom is -0.321 e. The molecule has 10 heteroatoms. The normalized spacial score (nSPS) is 10.0. The molecule has 9 nitrogen and oxygen atoms in total. The SMILES string of the molecule is O=C(Nc1cccnc1)c1cc([N+](=O)[O-])cc([N+](=O)[O-])c1Cl. The molecule has 0 bridgehead atoms. The van der Waals surface area contributed by atoms with Crippen LogP contribution in [0.4, 0.5) is 17.1 Å². The summed E-state index contributed by atoms with van der Waals surface area (Å²) in [6.07, 6.45) is 2.83. The van der Waals surface area contributed by atoms with Gasteiger partial charge in [-0.05, 0) is 12.1 Å². The van der Waals surface area contributed by atoms with Crippen LogP contribution in [0.15, 0.2) is 36.7 Å². The Bertz CT molecular complexity index is 766. The summed E-state index contributed by atoms with van der Waals surface area (Å²) in [5.41, 5.74) is -1.37. The highest BCUT2D eigenvalue weighted by molar-refractivity contribution is 6.36. The van der Waals surface area contributed by atoms with Gasteiger partial charge in [-0.1, -0.05) is 11.6 Å². The van der Waals surface area contributed by atoms with Crippen LogP contribution in [0.2, 0.25) is 5.02 Å². The molecule has 0 aliphatic carbocycles. The zero-order chi connectivity index (χ0) is 16.3. The summed E-state index contributed by atoms with van der Waals surface area (Å²) in [6, 6.07) is 4.67. The highest BCUT2D eigenvalue weighted by Crippen LogP contribution is 2.33. The van der Waals surface area contributed by atoms with Crippen molar-refractivity contribution in [3.05, 3.63) is 67.5 Å². The van der Waals surface area contributed by atoms with Crippen LogP contribution in [-0.2, 0) is 0 Å². The number of aromatic nitrogens is 1. The van der Waals surface area contributed by atoms with E-state index < -0.39 is 32.2 Å². The standard InChI is InChI=1S/C12H7ClN4O5/c13-11-9(12(18)15-7-2-1-3-14-6-7)4-8(16(19)20)5-10(11)17(21)22/h1-6H,(H,15,18). The average Bonchev–Trinajstić information content (AvgIpc) is 2.47. The van der Waals surface area contributed by atoms with Crippen LogP contribution in [0.25, 0.3) is 0 Å². The lowest BCUT2D eigenvalue weighted by Gasteiger charge is -2.06. The van der Waals surface area contributed by atoms with Gasteiger partial charge in [-0.3, -0.25) is 30.0 Å². The molecule has 1 amide bonds. The van der Waals surface area contributed by atoms with Crippen molar-refractivity contribution in [3.8, 4) is 0 Å². The Morgan fingerprint density at radius 3 is 2.50 bits per heavy atom. The van der Waals surface area contributed by atoms with Gasteiger partial charge in [0, 0.05) is 12.3 Å². The largest absolute Gasteiger partial charge is 0.321 e. The molecule has 1 aromatic heterocycles. The van der Waals surface area contributed by atoms with Crippen LogP contribution >= 0.6 is 11.6 Å². The van der Waals surface area contributed by atoms with Crippen molar-refractivity contribution in [1.82, 2.24) is 4.98 Å². The van der Waals surface area contributed by atoms with Gasteiger partial charge < -0.3 is 5.32 Å². The number of nitro benzene ring substituents is 2. The fourth-order valence-electron chi connectivity index (χ4n) is 1.63. The summed E-state index contributed by atoms with van der Waals surface area (Å²) >= 11 is 5.80. The first-order chi connectivity index (χ1) is 10.4. The number of halogens is 1. The van der Waals surface area contributed by atoms with Gasteiger partial charge in [-0.2, -0.15) is 0 Å². The second-order valence-corrected chi connectivity index (χ2v) is 4.41. The van der Waals surface area contributed by atoms with E-state index in [0.717, 1.165) is 6.07 Å². The molecule has 0 saturated carbocycles. The molecule has 22 heavy (non-hydrogen) atoms. The molecular formula is C12H7ClN4O5. The molecule has 0 aliphatic rings. The number of benzene rings is 1. The van der Waals surface area contributed by atoms with Crippen LogP contribution < -0.4 is 5.32 Å². The Kier molecular flexibility index (Phi) is 4.28. The molecular weight excluding hydrogens is 316 g/mol. The molecule has 2 rings (SSSR count). The lowest BCUT2D eigenvalue weighted by atomic mass is 10.1. The maximum atomic E-state index is 12.1. The van der Waals surface area contributed by atoms with Gasteiger partial charge >= 0.3 is 0 Å². The molecule has 0 radical (unpaired) electrons. The molecule has 0 unspecified atom stereocenters. The molecule has 2 aromatic rings. The van der Waals surface area contributed by atoms with Gasteiger partial charge in [0.25, 0.3) is 17.3 Å². The second kappa shape index (κ2) is 6.14. The molecule has 0 aliphatic heterocycles. The number of anilines is 1. The van der Waals surface area contributed by atoms with Crippen LogP contribution in [0.5, 0.6) is 0 Å². The predicted octanol–water partition coefficient (Wildman–Crippen LogP) is 2.80. The Morgan fingerprint density at radius 1 is 1.23 bits per heavy atom. The number of amides is 1. The number of non-ortho nitro benzene ring substituents is 1. The minimum absolute atomic E-state index is 0.317. The van der Waals surface area contributed by atoms with Crippen molar-refractivity contribution in [1.29, 1.82) is 0 Å². The molecule has 1 aromatic carbocycles. The molecule has 1 heterocycles. The molecule has 0 fully saturated rings. The molecule has 1 N–H and O–H groups in total. The van der Waals surface area contributed by atoms with E-state index >= 15 is 0 Å². The molecule has 0 saturated heterocycles. The zero-order valence-electron chi connectivity index (χ0n) is 10.7. The minimum atomic E-state index is -0.893. The lowest BCUT2D eigenvalue weighted by molar-refractivity contribution is -0.394. The van der Waals surface area contributed by atoms with E-state index in [1.807, 2.05) is 0 Å². The number of rotatable bonds is 4. The van der Waals surface area contributed by atoms with E-state index in [4.69, 9.17) is 11.6 Å². The maximum absolute atomic E-state index is 12.1. The first kappa shape index (κ1) is 15.3. The van der Waals surface area contributed by atoms with Gasteiger partial charge in [0.1, 0.15) is 5.02 Å². The molecule has 112 valence electrons. The van der Waals surface area contributed by atoms with Crippen molar-refractivity contribution < 1.29 is 14.6 Å². The van der Waals surface area contributed by atoms with E-state index in [2.05, 4.69) is 10.3 Å². The summed E-state index contributed by atoms with van der Waals surface area (Å²) in [5.74, 6) is -0.815. The van der Waals surface area contributed by atoms with E-state index in [-0.39, 0.29) is 5.56 Å². The summed E-state index contributed by atoms with van der Waals surface area (Å²) in [4.78, 5) is 35.9. The van der Waals surface area contributed by atoms with Gasteiger partial charge in [0.2, 0.25) is 0 Å². The lowest BCUT2D eigenvalue weighted by Crippen LogP contribution is -2.13. The average molecular weight is 323 g/mol. The Labute approximate surface area is 127 Å². The molecule has 0 atom stereocenters. The number of pyridine rings is 1. The number of hydrogen-bond donors (Lipinski definition) is 1. The summed E-state index contributed by atoms with van der Waals surface area (Å²) in [7, 11) is 0. The number of hydrogen-bond acceptors (Lipinski definition) is 6. The van der Waals surface area contributed by atoms with Crippen molar-refractivity contribution in [2.75, 3.05) is 5.32 Å². The van der Waals surface area contributed by atoms with Crippen molar-refractivity contribution in [2.45, 2.75) is 0 Å².